The number of hydrogen-bond acceptors (Lipinski definition) is 4. The van der Waals surface area contributed by atoms with E-state index in [1.807, 2.05) is 0 Å². The number of ketones is 1. The second kappa shape index (κ2) is 6.47. The van der Waals surface area contributed by atoms with Crippen molar-refractivity contribution in [3.05, 3.63) is 35.4 Å². The SMILES string of the molecule is CCNC(=O)CS(=O)(=O)CC(=O)c1ccccc1C. The lowest BCUT2D eigenvalue weighted by Crippen LogP contribution is -2.32. The molecule has 0 bridgehead atoms. The molecule has 104 valence electrons. The first-order chi connectivity index (χ1) is 8.85. The highest BCUT2D eigenvalue weighted by molar-refractivity contribution is 7.92. The molecule has 1 aromatic carbocycles. The zero-order valence-electron chi connectivity index (χ0n) is 11.0. The second-order valence-corrected chi connectivity index (χ2v) is 6.29. The van der Waals surface area contributed by atoms with Crippen LogP contribution in [0.3, 0.4) is 0 Å². The number of amides is 1. The Hall–Kier alpha value is -1.69. The van der Waals surface area contributed by atoms with E-state index in [2.05, 4.69) is 5.32 Å². The Kier molecular flexibility index (Phi) is 5.23. The minimum absolute atomic E-state index is 0.361. The van der Waals surface area contributed by atoms with Crippen molar-refractivity contribution in [2.75, 3.05) is 18.1 Å². The van der Waals surface area contributed by atoms with Crippen LogP contribution < -0.4 is 5.32 Å². The third kappa shape index (κ3) is 4.82. The van der Waals surface area contributed by atoms with E-state index in [4.69, 9.17) is 0 Å². The summed E-state index contributed by atoms with van der Waals surface area (Å²) in [5.74, 6) is -2.37. The van der Waals surface area contributed by atoms with Crippen molar-refractivity contribution in [2.45, 2.75) is 13.8 Å². The van der Waals surface area contributed by atoms with Crippen LogP contribution in [0.1, 0.15) is 22.8 Å². The van der Waals surface area contributed by atoms with Crippen molar-refractivity contribution in [1.82, 2.24) is 5.32 Å². The molecule has 0 spiro atoms. The van der Waals surface area contributed by atoms with Crippen LogP contribution in [0.2, 0.25) is 0 Å². The zero-order valence-corrected chi connectivity index (χ0v) is 11.8. The molecular weight excluding hydrogens is 266 g/mol. The van der Waals surface area contributed by atoms with Gasteiger partial charge in [-0.2, -0.15) is 0 Å². The van der Waals surface area contributed by atoms with Crippen molar-refractivity contribution < 1.29 is 18.0 Å². The molecule has 0 fully saturated rings. The Bertz CT molecular complexity index is 578. The maximum atomic E-state index is 11.9. The van der Waals surface area contributed by atoms with E-state index in [9.17, 15) is 18.0 Å². The standard InChI is InChI=1S/C13H17NO4S/c1-3-14-13(16)9-19(17,18)8-12(15)11-7-5-4-6-10(11)2/h4-7H,3,8-9H2,1-2H3,(H,14,16). The monoisotopic (exact) mass is 283 g/mol. The predicted octanol–water partition coefficient (Wildman–Crippen LogP) is 0.729. The summed E-state index contributed by atoms with van der Waals surface area (Å²) in [6.07, 6.45) is 0. The Balaban J connectivity index is 2.77. The quantitative estimate of drug-likeness (QED) is 0.780. The Morgan fingerprint density at radius 1 is 1.16 bits per heavy atom. The summed E-state index contributed by atoms with van der Waals surface area (Å²) in [6, 6.07) is 6.77. The molecular formula is C13H17NO4S. The van der Waals surface area contributed by atoms with Crippen LogP contribution in [0.4, 0.5) is 0 Å². The van der Waals surface area contributed by atoms with Crippen molar-refractivity contribution in [3.8, 4) is 0 Å². The number of carbonyl (C=O) groups is 2. The highest BCUT2D eigenvalue weighted by atomic mass is 32.2. The number of Topliss-reactive ketones (excluding diaryl/α,β-unsaturated/α-hetero) is 1. The summed E-state index contributed by atoms with van der Waals surface area (Å²) in [5.41, 5.74) is 1.10. The fraction of sp³-hybridized carbons (Fsp3) is 0.385. The van der Waals surface area contributed by atoms with E-state index >= 15 is 0 Å². The van der Waals surface area contributed by atoms with Gasteiger partial charge < -0.3 is 5.32 Å². The molecule has 6 heteroatoms. The van der Waals surface area contributed by atoms with Crippen LogP contribution in [-0.2, 0) is 14.6 Å². The van der Waals surface area contributed by atoms with Crippen LogP contribution >= 0.6 is 0 Å². The normalized spacial score (nSPS) is 11.1. The molecule has 0 aliphatic heterocycles. The van der Waals surface area contributed by atoms with Gasteiger partial charge in [0, 0.05) is 12.1 Å². The van der Waals surface area contributed by atoms with Crippen molar-refractivity contribution in [1.29, 1.82) is 0 Å². The fourth-order valence-electron chi connectivity index (χ4n) is 1.66. The van der Waals surface area contributed by atoms with Crippen molar-refractivity contribution in [3.63, 3.8) is 0 Å². The van der Waals surface area contributed by atoms with Crippen LogP contribution in [0.25, 0.3) is 0 Å². The third-order valence-electron chi connectivity index (χ3n) is 2.52. The third-order valence-corrected chi connectivity index (χ3v) is 3.93. The number of sulfone groups is 1. The fourth-order valence-corrected chi connectivity index (χ4v) is 2.82. The summed E-state index contributed by atoms with van der Waals surface area (Å²) >= 11 is 0. The molecule has 0 aromatic heterocycles. The maximum absolute atomic E-state index is 11.9. The predicted molar refractivity (Wildman–Crippen MR) is 72.8 cm³/mol. The van der Waals surface area contributed by atoms with Crippen LogP contribution in [-0.4, -0.2) is 38.2 Å². The first kappa shape index (κ1) is 15.4. The molecule has 0 saturated heterocycles. The minimum atomic E-state index is -3.73. The highest BCUT2D eigenvalue weighted by Gasteiger charge is 2.22. The molecule has 0 saturated carbocycles. The minimum Gasteiger partial charge on any atom is -0.356 e. The van der Waals surface area contributed by atoms with Crippen molar-refractivity contribution >= 4 is 21.5 Å². The molecule has 0 radical (unpaired) electrons. The summed E-state index contributed by atoms with van der Waals surface area (Å²) in [7, 11) is -3.73. The first-order valence-corrected chi connectivity index (χ1v) is 7.74. The Morgan fingerprint density at radius 3 is 2.37 bits per heavy atom. The molecule has 0 atom stereocenters. The van der Waals surface area contributed by atoms with E-state index in [0.29, 0.717) is 12.1 Å². The van der Waals surface area contributed by atoms with E-state index < -0.39 is 33.0 Å². The number of carbonyl (C=O) groups excluding carboxylic acids is 2. The lowest BCUT2D eigenvalue weighted by Gasteiger charge is -2.06. The van der Waals surface area contributed by atoms with E-state index in [1.165, 1.54) is 0 Å². The molecule has 5 nitrogen and oxygen atoms in total. The largest absolute Gasteiger partial charge is 0.356 e. The summed E-state index contributed by atoms with van der Waals surface area (Å²) in [6.45, 7) is 3.80. The summed E-state index contributed by atoms with van der Waals surface area (Å²) < 4.78 is 23.5. The molecule has 1 N–H and O–H groups in total. The number of nitrogens with one attached hydrogen (secondary N) is 1. The molecule has 0 heterocycles. The lowest BCUT2D eigenvalue weighted by molar-refractivity contribution is -0.118. The van der Waals surface area contributed by atoms with Gasteiger partial charge in [-0.15, -0.1) is 0 Å². The zero-order chi connectivity index (χ0) is 14.5. The number of hydrogen-bond donors (Lipinski definition) is 1. The molecule has 1 aromatic rings. The van der Waals surface area contributed by atoms with Gasteiger partial charge in [0.1, 0.15) is 11.5 Å². The van der Waals surface area contributed by atoms with Gasteiger partial charge in [-0.05, 0) is 19.4 Å². The average molecular weight is 283 g/mol. The van der Waals surface area contributed by atoms with Crippen LogP contribution in [0.15, 0.2) is 24.3 Å². The summed E-state index contributed by atoms with van der Waals surface area (Å²) in [4.78, 5) is 23.2. The van der Waals surface area contributed by atoms with Gasteiger partial charge in [0.15, 0.2) is 15.6 Å². The van der Waals surface area contributed by atoms with Gasteiger partial charge in [0.2, 0.25) is 5.91 Å². The number of benzene rings is 1. The van der Waals surface area contributed by atoms with E-state index in [1.54, 1.807) is 38.1 Å². The average Bonchev–Trinajstić information content (AvgIpc) is 2.27. The van der Waals surface area contributed by atoms with E-state index in [-0.39, 0.29) is 0 Å². The number of rotatable bonds is 6. The lowest BCUT2D eigenvalue weighted by atomic mass is 10.1. The highest BCUT2D eigenvalue weighted by Crippen LogP contribution is 2.09. The van der Waals surface area contributed by atoms with Crippen LogP contribution in [0, 0.1) is 6.92 Å². The van der Waals surface area contributed by atoms with Gasteiger partial charge in [0.25, 0.3) is 0 Å². The molecule has 0 unspecified atom stereocenters. The Labute approximate surface area is 112 Å². The second-order valence-electron chi connectivity index (χ2n) is 4.22. The van der Waals surface area contributed by atoms with Gasteiger partial charge in [0.05, 0.1) is 0 Å². The van der Waals surface area contributed by atoms with Gasteiger partial charge >= 0.3 is 0 Å². The number of aryl methyl sites for hydroxylation is 1. The van der Waals surface area contributed by atoms with Crippen molar-refractivity contribution in [2.24, 2.45) is 0 Å². The van der Waals surface area contributed by atoms with E-state index in [0.717, 1.165) is 5.56 Å². The Morgan fingerprint density at radius 2 is 1.79 bits per heavy atom. The smallest absolute Gasteiger partial charge is 0.235 e. The first-order valence-electron chi connectivity index (χ1n) is 5.91. The topological polar surface area (TPSA) is 80.3 Å². The molecule has 19 heavy (non-hydrogen) atoms. The van der Waals surface area contributed by atoms with Gasteiger partial charge in [-0.1, -0.05) is 24.3 Å². The van der Waals surface area contributed by atoms with Crippen LogP contribution in [0.5, 0.6) is 0 Å². The molecule has 0 aliphatic carbocycles. The molecule has 1 rings (SSSR count). The molecule has 0 aliphatic rings. The molecule has 1 amide bonds. The van der Waals surface area contributed by atoms with Gasteiger partial charge in [-0.25, -0.2) is 8.42 Å². The van der Waals surface area contributed by atoms with Gasteiger partial charge in [-0.3, -0.25) is 9.59 Å². The maximum Gasteiger partial charge on any atom is 0.235 e. The summed E-state index contributed by atoms with van der Waals surface area (Å²) in [5, 5.41) is 2.40.